The maximum absolute atomic E-state index is 12.3. The summed E-state index contributed by atoms with van der Waals surface area (Å²) in [5.41, 5.74) is 14.5. The maximum atomic E-state index is 12.3. The lowest BCUT2D eigenvalue weighted by Crippen LogP contribution is -2.09. The van der Waals surface area contributed by atoms with Crippen molar-refractivity contribution in [3.8, 4) is 0 Å². The quantitative estimate of drug-likeness (QED) is 0.651. The number of carbonyl (C=O) groups excluding carboxylic acids is 1. The highest BCUT2D eigenvalue weighted by atomic mass is 16.1. The van der Waals surface area contributed by atoms with Gasteiger partial charge in [0.25, 0.3) is 0 Å². The number of anilines is 3. The molecule has 0 saturated carbocycles. The summed E-state index contributed by atoms with van der Waals surface area (Å²) in [7, 11) is 3.91. The molecule has 4 heteroatoms. The zero-order valence-electron chi connectivity index (χ0n) is 11.1. The molecule has 2 aromatic carbocycles. The standard InChI is InChI=1S/C15H17N3O/c1-18(2)12-6-3-10(4-7-12)15(19)11-5-8-13(16)14(17)9-11/h3-9H,16-17H2,1-2H3. The molecule has 4 nitrogen and oxygen atoms in total. The van der Waals surface area contributed by atoms with Gasteiger partial charge in [0.1, 0.15) is 0 Å². The Morgan fingerprint density at radius 1 is 0.895 bits per heavy atom. The van der Waals surface area contributed by atoms with Crippen LogP contribution in [0, 0.1) is 0 Å². The Kier molecular flexibility index (Phi) is 3.42. The molecule has 0 aliphatic heterocycles. The van der Waals surface area contributed by atoms with E-state index in [1.54, 1.807) is 18.2 Å². The van der Waals surface area contributed by atoms with E-state index < -0.39 is 0 Å². The van der Waals surface area contributed by atoms with Crippen LogP contribution in [0.4, 0.5) is 17.1 Å². The Morgan fingerprint density at radius 2 is 1.47 bits per heavy atom. The van der Waals surface area contributed by atoms with Gasteiger partial charge in [0.05, 0.1) is 11.4 Å². The number of rotatable bonds is 3. The molecule has 0 heterocycles. The first-order valence-electron chi connectivity index (χ1n) is 5.96. The molecular weight excluding hydrogens is 238 g/mol. The van der Waals surface area contributed by atoms with Crippen LogP contribution in [0.2, 0.25) is 0 Å². The predicted molar refractivity (Wildman–Crippen MR) is 79.5 cm³/mol. The fourth-order valence-electron chi connectivity index (χ4n) is 1.79. The highest BCUT2D eigenvalue weighted by molar-refractivity contribution is 6.09. The van der Waals surface area contributed by atoms with Crippen LogP contribution >= 0.6 is 0 Å². The van der Waals surface area contributed by atoms with Crippen molar-refractivity contribution in [3.63, 3.8) is 0 Å². The predicted octanol–water partition coefficient (Wildman–Crippen LogP) is 2.15. The van der Waals surface area contributed by atoms with Gasteiger partial charge in [-0.3, -0.25) is 4.79 Å². The van der Waals surface area contributed by atoms with E-state index in [4.69, 9.17) is 11.5 Å². The first kappa shape index (κ1) is 13.0. The number of nitrogens with zero attached hydrogens (tertiary/aromatic N) is 1. The van der Waals surface area contributed by atoms with E-state index in [2.05, 4.69) is 0 Å². The third-order valence-corrected chi connectivity index (χ3v) is 2.99. The fourth-order valence-corrected chi connectivity index (χ4v) is 1.79. The molecule has 0 aliphatic carbocycles. The molecule has 4 N–H and O–H groups in total. The molecule has 0 atom stereocenters. The summed E-state index contributed by atoms with van der Waals surface area (Å²) >= 11 is 0. The van der Waals surface area contributed by atoms with Crippen LogP contribution in [-0.4, -0.2) is 19.9 Å². The van der Waals surface area contributed by atoms with Gasteiger partial charge in [0, 0.05) is 30.9 Å². The van der Waals surface area contributed by atoms with E-state index in [-0.39, 0.29) is 5.78 Å². The Balaban J connectivity index is 2.30. The Labute approximate surface area is 112 Å². The normalized spacial score (nSPS) is 10.2. The molecule has 2 rings (SSSR count). The summed E-state index contributed by atoms with van der Waals surface area (Å²) < 4.78 is 0. The van der Waals surface area contributed by atoms with Gasteiger partial charge >= 0.3 is 0 Å². The van der Waals surface area contributed by atoms with Gasteiger partial charge in [-0.2, -0.15) is 0 Å². The minimum absolute atomic E-state index is 0.0583. The minimum atomic E-state index is -0.0583. The lowest BCUT2D eigenvalue weighted by atomic mass is 10.0. The second-order valence-electron chi connectivity index (χ2n) is 4.61. The largest absolute Gasteiger partial charge is 0.397 e. The van der Waals surface area contributed by atoms with Crippen LogP contribution in [0.3, 0.4) is 0 Å². The number of nitrogens with two attached hydrogens (primary N) is 2. The van der Waals surface area contributed by atoms with Crippen molar-refractivity contribution in [3.05, 3.63) is 53.6 Å². The summed E-state index contributed by atoms with van der Waals surface area (Å²) in [6.45, 7) is 0. The number of carbonyl (C=O) groups is 1. The average Bonchev–Trinajstić information content (AvgIpc) is 2.41. The average molecular weight is 255 g/mol. The molecule has 0 fully saturated rings. The second kappa shape index (κ2) is 5.02. The number of hydrogen-bond acceptors (Lipinski definition) is 4. The van der Waals surface area contributed by atoms with Crippen molar-refractivity contribution in [1.29, 1.82) is 0 Å². The molecule has 0 aliphatic rings. The Bertz CT molecular complexity index is 603. The monoisotopic (exact) mass is 255 g/mol. The second-order valence-corrected chi connectivity index (χ2v) is 4.61. The van der Waals surface area contributed by atoms with Gasteiger partial charge in [0.15, 0.2) is 5.78 Å². The van der Waals surface area contributed by atoms with Crippen molar-refractivity contribution < 1.29 is 4.79 Å². The first-order chi connectivity index (χ1) is 8.99. The molecule has 0 saturated heterocycles. The van der Waals surface area contributed by atoms with Crippen molar-refractivity contribution in [2.24, 2.45) is 0 Å². The van der Waals surface area contributed by atoms with E-state index in [1.807, 2.05) is 43.3 Å². The minimum Gasteiger partial charge on any atom is -0.397 e. The maximum Gasteiger partial charge on any atom is 0.193 e. The third-order valence-electron chi connectivity index (χ3n) is 2.99. The molecule has 2 aromatic rings. The molecular formula is C15H17N3O. The molecule has 19 heavy (non-hydrogen) atoms. The van der Waals surface area contributed by atoms with Crippen LogP contribution in [0.1, 0.15) is 15.9 Å². The van der Waals surface area contributed by atoms with Gasteiger partial charge < -0.3 is 16.4 Å². The summed E-state index contributed by atoms with van der Waals surface area (Å²) in [6, 6.07) is 12.4. The van der Waals surface area contributed by atoms with Crippen LogP contribution in [-0.2, 0) is 0 Å². The summed E-state index contributed by atoms with van der Waals surface area (Å²) in [6.07, 6.45) is 0. The summed E-state index contributed by atoms with van der Waals surface area (Å²) in [5, 5.41) is 0. The van der Waals surface area contributed by atoms with Gasteiger partial charge in [-0.25, -0.2) is 0 Å². The highest BCUT2D eigenvalue weighted by Gasteiger charge is 2.10. The number of nitrogen functional groups attached to an aromatic ring is 2. The third kappa shape index (κ3) is 2.68. The molecule has 0 radical (unpaired) electrons. The molecule has 98 valence electrons. The van der Waals surface area contributed by atoms with Crippen molar-refractivity contribution in [2.45, 2.75) is 0 Å². The van der Waals surface area contributed by atoms with Crippen LogP contribution in [0.15, 0.2) is 42.5 Å². The smallest absolute Gasteiger partial charge is 0.193 e. The van der Waals surface area contributed by atoms with Crippen molar-refractivity contribution >= 4 is 22.8 Å². The van der Waals surface area contributed by atoms with Crippen LogP contribution < -0.4 is 16.4 Å². The summed E-state index contributed by atoms with van der Waals surface area (Å²) in [4.78, 5) is 14.3. The Hall–Kier alpha value is -2.49. The van der Waals surface area contributed by atoms with Crippen LogP contribution in [0.25, 0.3) is 0 Å². The van der Waals surface area contributed by atoms with Gasteiger partial charge in [-0.1, -0.05) is 0 Å². The molecule has 0 bridgehead atoms. The SMILES string of the molecule is CN(C)c1ccc(C(=O)c2ccc(N)c(N)c2)cc1. The molecule has 0 spiro atoms. The van der Waals surface area contributed by atoms with E-state index in [1.165, 1.54) is 0 Å². The zero-order chi connectivity index (χ0) is 14.0. The van der Waals surface area contributed by atoms with E-state index in [9.17, 15) is 4.79 Å². The summed E-state index contributed by atoms with van der Waals surface area (Å²) in [5.74, 6) is -0.0583. The number of hydrogen-bond donors (Lipinski definition) is 2. The highest BCUT2D eigenvalue weighted by Crippen LogP contribution is 2.20. The van der Waals surface area contributed by atoms with Crippen LogP contribution in [0.5, 0.6) is 0 Å². The lowest BCUT2D eigenvalue weighted by Gasteiger charge is -2.12. The van der Waals surface area contributed by atoms with E-state index in [0.717, 1.165) is 5.69 Å². The van der Waals surface area contributed by atoms with E-state index >= 15 is 0 Å². The molecule has 0 aromatic heterocycles. The molecule has 0 amide bonds. The van der Waals surface area contributed by atoms with Crippen molar-refractivity contribution in [1.82, 2.24) is 0 Å². The van der Waals surface area contributed by atoms with Gasteiger partial charge in [0.2, 0.25) is 0 Å². The van der Waals surface area contributed by atoms with Crippen molar-refractivity contribution in [2.75, 3.05) is 30.5 Å². The lowest BCUT2D eigenvalue weighted by molar-refractivity contribution is 0.103. The zero-order valence-corrected chi connectivity index (χ0v) is 11.1. The van der Waals surface area contributed by atoms with Gasteiger partial charge in [-0.15, -0.1) is 0 Å². The van der Waals surface area contributed by atoms with Gasteiger partial charge in [-0.05, 0) is 42.5 Å². The fraction of sp³-hybridized carbons (Fsp3) is 0.133. The number of benzene rings is 2. The topological polar surface area (TPSA) is 72.3 Å². The first-order valence-corrected chi connectivity index (χ1v) is 5.96. The molecule has 0 unspecified atom stereocenters. The van der Waals surface area contributed by atoms with E-state index in [0.29, 0.717) is 22.5 Å². The number of ketones is 1. The Morgan fingerprint density at radius 3 is 2.00 bits per heavy atom.